The molecule has 0 amide bonds. The largest absolute Gasteiger partial charge is 0.508 e. The fourth-order valence-corrected chi connectivity index (χ4v) is 3.46. The highest BCUT2D eigenvalue weighted by Crippen LogP contribution is 2.19. The van der Waals surface area contributed by atoms with Gasteiger partial charge in [-0.3, -0.25) is 0 Å². The first-order valence-corrected chi connectivity index (χ1v) is 11.7. The standard InChI is InChI=1S/C15H24O.C12H18O/c1-2-3-4-5-6-7-8-11-14-12-9-10-13-15(14)16;1-2-3-4-5-8-11-9-6-7-10-12(11)13/h9-10,12-13,16H,2-8,11H2,1H3;6-7,9-10,13H,2-5,8H2,1H3. The van der Waals surface area contributed by atoms with Gasteiger partial charge in [0.15, 0.2) is 0 Å². The van der Waals surface area contributed by atoms with Gasteiger partial charge in [-0.15, -0.1) is 0 Å². The fraction of sp³-hybridized carbons (Fsp3) is 0.556. The van der Waals surface area contributed by atoms with Crippen molar-refractivity contribution >= 4 is 0 Å². The second-order valence-corrected chi connectivity index (χ2v) is 7.94. The first-order valence-electron chi connectivity index (χ1n) is 11.7. The Morgan fingerprint density at radius 1 is 0.483 bits per heavy atom. The number of phenolic OH excluding ortho intramolecular Hbond substituents is 2. The van der Waals surface area contributed by atoms with Gasteiger partial charge in [0.05, 0.1) is 0 Å². The van der Waals surface area contributed by atoms with Gasteiger partial charge in [-0.05, 0) is 48.9 Å². The highest BCUT2D eigenvalue weighted by atomic mass is 16.3. The smallest absolute Gasteiger partial charge is 0.118 e. The van der Waals surface area contributed by atoms with Crippen molar-refractivity contribution in [3.8, 4) is 11.5 Å². The number of hydrogen-bond donors (Lipinski definition) is 2. The summed E-state index contributed by atoms with van der Waals surface area (Å²) in [7, 11) is 0. The van der Waals surface area contributed by atoms with Crippen molar-refractivity contribution in [1.29, 1.82) is 0 Å². The first-order chi connectivity index (χ1) is 14.2. The van der Waals surface area contributed by atoms with Crippen LogP contribution in [0.5, 0.6) is 11.5 Å². The molecule has 2 heteroatoms. The minimum Gasteiger partial charge on any atom is -0.508 e. The molecule has 0 saturated carbocycles. The number of aromatic hydroxyl groups is 2. The molecule has 2 nitrogen and oxygen atoms in total. The van der Waals surface area contributed by atoms with E-state index in [0.29, 0.717) is 11.5 Å². The van der Waals surface area contributed by atoms with Crippen LogP contribution in [0.25, 0.3) is 0 Å². The number of benzene rings is 2. The van der Waals surface area contributed by atoms with Gasteiger partial charge in [-0.1, -0.05) is 108 Å². The van der Waals surface area contributed by atoms with Gasteiger partial charge in [0, 0.05) is 0 Å². The molecule has 29 heavy (non-hydrogen) atoms. The molecule has 0 unspecified atom stereocenters. The van der Waals surface area contributed by atoms with Crippen molar-refractivity contribution in [1.82, 2.24) is 0 Å². The van der Waals surface area contributed by atoms with Gasteiger partial charge in [-0.25, -0.2) is 0 Å². The molecule has 2 rings (SSSR count). The van der Waals surface area contributed by atoms with Gasteiger partial charge < -0.3 is 10.2 Å². The predicted octanol–water partition coefficient (Wildman–Crippen LogP) is 8.20. The van der Waals surface area contributed by atoms with E-state index in [1.165, 1.54) is 70.6 Å². The van der Waals surface area contributed by atoms with E-state index in [0.717, 1.165) is 24.0 Å². The zero-order chi connectivity index (χ0) is 21.2. The van der Waals surface area contributed by atoms with Crippen molar-refractivity contribution in [2.24, 2.45) is 0 Å². The number of hydrogen-bond acceptors (Lipinski definition) is 2. The van der Waals surface area contributed by atoms with Crippen LogP contribution in [0.3, 0.4) is 0 Å². The topological polar surface area (TPSA) is 40.5 Å². The van der Waals surface area contributed by atoms with E-state index in [4.69, 9.17) is 0 Å². The van der Waals surface area contributed by atoms with E-state index < -0.39 is 0 Å². The van der Waals surface area contributed by atoms with Gasteiger partial charge in [-0.2, -0.15) is 0 Å². The van der Waals surface area contributed by atoms with Crippen LogP contribution in [-0.4, -0.2) is 10.2 Å². The minimum atomic E-state index is 0.444. The highest BCUT2D eigenvalue weighted by Gasteiger charge is 1.99. The lowest BCUT2D eigenvalue weighted by atomic mass is 10.0. The average Bonchev–Trinajstić information content (AvgIpc) is 2.73. The summed E-state index contributed by atoms with van der Waals surface area (Å²) in [5, 5.41) is 19.1. The zero-order valence-electron chi connectivity index (χ0n) is 18.7. The molecule has 0 aliphatic carbocycles. The molecule has 0 fully saturated rings. The van der Waals surface area contributed by atoms with Gasteiger partial charge in [0.1, 0.15) is 11.5 Å². The molecule has 0 spiro atoms. The third-order valence-corrected chi connectivity index (χ3v) is 5.33. The summed E-state index contributed by atoms with van der Waals surface area (Å²) < 4.78 is 0. The van der Waals surface area contributed by atoms with E-state index in [9.17, 15) is 10.2 Å². The second kappa shape index (κ2) is 16.9. The minimum absolute atomic E-state index is 0.444. The predicted molar refractivity (Wildman–Crippen MR) is 126 cm³/mol. The molecule has 0 aliphatic rings. The third-order valence-electron chi connectivity index (χ3n) is 5.33. The number of aryl methyl sites for hydroxylation is 2. The SMILES string of the molecule is CCCCCCCCCc1ccccc1O.CCCCCCc1ccccc1O. The summed E-state index contributed by atoms with van der Waals surface area (Å²) >= 11 is 0. The summed E-state index contributed by atoms with van der Waals surface area (Å²) in [6, 6.07) is 15.3. The van der Waals surface area contributed by atoms with Crippen LogP contribution in [0.1, 0.15) is 95.6 Å². The van der Waals surface area contributed by atoms with Crippen LogP contribution in [0.2, 0.25) is 0 Å². The van der Waals surface area contributed by atoms with Crippen molar-refractivity contribution in [2.75, 3.05) is 0 Å². The Labute approximate surface area is 179 Å². The molecular formula is C27H42O2. The summed E-state index contributed by atoms with van der Waals surface area (Å²) in [6.07, 6.45) is 16.3. The first kappa shape index (κ1) is 25.1. The van der Waals surface area contributed by atoms with Crippen molar-refractivity contribution in [2.45, 2.75) is 97.3 Å². The molecule has 0 aliphatic heterocycles. The molecule has 0 radical (unpaired) electrons. The molecule has 0 saturated heterocycles. The number of rotatable bonds is 13. The van der Waals surface area contributed by atoms with E-state index in [1.807, 2.05) is 36.4 Å². The molecule has 2 N–H and O–H groups in total. The summed E-state index contributed by atoms with van der Waals surface area (Å²) in [5.41, 5.74) is 2.18. The second-order valence-electron chi connectivity index (χ2n) is 7.94. The van der Waals surface area contributed by atoms with Crippen molar-refractivity contribution in [3.05, 3.63) is 59.7 Å². The monoisotopic (exact) mass is 398 g/mol. The number of unbranched alkanes of at least 4 members (excludes halogenated alkanes) is 9. The number of para-hydroxylation sites is 2. The normalized spacial score (nSPS) is 10.4. The Balaban J connectivity index is 0.000000296. The van der Waals surface area contributed by atoms with Crippen LogP contribution in [0.15, 0.2) is 48.5 Å². The van der Waals surface area contributed by atoms with Crippen LogP contribution in [-0.2, 0) is 12.8 Å². The van der Waals surface area contributed by atoms with Crippen LogP contribution >= 0.6 is 0 Å². The van der Waals surface area contributed by atoms with E-state index in [1.54, 1.807) is 12.1 Å². The maximum Gasteiger partial charge on any atom is 0.118 e. The molecule has 0 bridgehead atoms. The molecule has 2 aromatic rings. The Morgan fingerprint density at radius 3 is 1.24 bits per heavy atom. The maximum atomic E-state index is 9.58. The molecular weight excluding hydrogens is 356 g/mol. The average molecular weight is 399 g/mol. The highest BCUT2D eigenvalue weighted by molar-refractivity contribution is 5.32. The summed E-state index contributed by atoms with van der Waals surface area (Å²) in [5.74, 6) is 0.896. The Kier molecular flexibility index (Phi) is 14.7. The Bertz CT molecular complexity index is 636. The molecule has 162 valence electrons. The van der Waals surface area contributed by atoms with Crippen molar-refractivity contribution in [3.63, 3.8) is 0 Å². The van der Waals surface area contributed by atoms with Gasteiger partial charge in [0.2, 0.25) is 0 Å². The van der Waals surface area contributed by atoms with Crippen LogP contribution in [0.4, 0.5) is 0 Å². The third kappa shape index (κ3) is 12.3. The quantitative estimate of drug-likeness (QED) is 0.334. The lowest BCUT2D eigenvalue weighted by Gasteiger charge is -2.04. The molecule has 2 aromatic carbocycles. The Hall–Kier alpha value is -1.96. The van der Waals surface area contributed by atoms with E-state index >= 15 is 0 Å². The maximum absolute atomic E-state index is 9.58. The summed E-state index contributed by atoms with van der Waals surface area (Å²) in [4.78, 5) is 0. The van der Waals surface area contributed by atoms with E-state index in [-0.39, 0.29) is 0 Å². The lowest BCUT2D eigenvalue weighted by molar-refractivity contribution is 0.465. The van der Waals surface area contributed by atoms with Crippen molar-refractivity contribution < 1.29 is 10.2 Å². The number of phenols is 2. The van der Waals surface area contributed by atoms with Gasteiger partial charge in [0.25, 0.3) is 0 Å². The van der Waals surface area contributed by atoms with Gasteiger partial charge >= 0.3 is 0 Å². The fourth-order valence-electron chi connectivity index (χ4n) is 3.46. The molecule has 0 heterocycles. The lowest BCUT2D eigenvalue weighted by Crippen LogP contribution is -1.87. The molecule has 0 atom stereocenters. The summed E-state index contributed by atoms with van der Waals surface area (Å²) in [6.45, 7) is 4.46. The Morgan fingerprint density at radius 2 is 0.828 bits per heavy atom. The van der Waals surface area contributed by atoms with Crippen LogP contribution < -0.4 is 0 Å². The zero-order valence-corrected chi connectivity index (χ0v) is 18.7. The van der Waals surface area contributed by atoms with Crippen LogP contribution in [0, 0.1) is 0 Å². The van der Waals surface area contributed by atoms with E-state index in [2.05, 4.69) is 13.8 Å². The molecule has 0 aromatic heterocycles.